The largest absolute Gasteiger partial charge is 0.497 e. The molecule has 1 heterocycles. The number of aromatic nitrogens is 1. The third-order valence-electron chi connectivity index (χ3n) is 6.18. The summed E-state index contributed by atoms with van der Waals surface area (Å²) in [5, 5.41) is 2.88. The van der Waals surface area contributed by atoms with Crippen molar-refractivity contribution >= 4 is 29.3 Å². The summed E-state index contributed by atoms with van der Waals surface area (Å²) < 4.78 is 5.24. The number of amides is 1. The number of hydrogen-bond acceptors (Lipinski definition) is 5. The molecule has 1 aromatic heterocycles. The zero-order valence-electron chi connectivity index (χ0n) is 19.2. The van der Waals surface area contributed by atoms with E-state index < -0.39 is 5.41 Å². The molecule has 170 valence electrons. The Labute approximate surface area is 199 Å². The van der Waals surface area contributed by atoms with Crippen LogP contribution in [0.4, 0.5) is 5.82 Å². The number of thioether (sulfide) groups is 1. The number of fused-ring (bicyclic) bond motifs is 1. The van der Waals surface area contributed by atoms with E-state index in [1.807, 2.05) is 55.5 Å². The molecule has 1 aliphatic carbocycles. The number of Topliss-reactive ketones (excluding diaryl/α,β-unsaturated/α-hetero) is 1. The van der Waals surface area contributed by atoms with Crippen LogP contribution in [0.25, 0.3) is 0 Å². The summed E-state index contributed by atoms with van der Waals surface area (Å²) in [7, 11) is 1.63. The molecule has 3 aromatic rings. The average Bonchev–Trinajstić information content (AvgIpc) is 2.83. The van der Waals surface area contributed by atoms with Crippen molar-refractivity contribution in [2.75, 3.05) is 18.2 Å². The third-order valence-corrected chi connectivity index (χ3v) is 7.07. The number of pyridine rings is 1. The SMILES string of the molecule is CCSc1ccc(CC(=O)Nc2ccc3c(n2)CCC(C)(c2ccc(OC)cc2)C3=O)cc1. The van der Waals surface area contributed by atoms with E-state index in [9.17, 15) is 9.59 Å². The van der Waals surface area contributed by atoms with Crippen molar-refractivity contribution < 1.29 is 14.3 Å². The molecule has 1 aliphatic rings. The van der Waals surface area contributed by atoms with E-state index in [0.717, 1.165) is 28.3 Å². The van der Waals surface area contributed by atoms with Crippen molar-refractivity contribution in [1.29, 1.82) is 0 Å². The van der Waals surface area contributed by atoms with Crippen LogP contribution in [0, 0.1) is 0 Å². The number of carbonyl (C=O) groups excluding carboxylic acids is 2. The number of rotatable bonds is 7. The van der Waals surface area contributed by atoms with Gasteiger partial charge in [0.15, 0.2) is 5.78 Å². The highest BCUT2D eigenvalue weighted by molar-refractivity contribution is 7.99. The Bertz CT molecular complexity index is 1160. The number of nitrogens with zero attached hydrogens (tertiary/aromatic N) is 1. The van der Waals surface area contributed by atoms with Crippen LogP contribution in [0.3, 0.4) is 0 Å². The standard InChI is InChI=1S/C27H28N2O3S/c1-4-33-21-11-5-18(6-12-21)17-25(30)29-24-14-13-22-23(28-24)15-16-27(2,26(22)31)19-7-9-20(32-3)10-8-19/h5-14H,4,15-17H2,1-3H3,(H,28,29,30). The molecule has 0 spiro atoms. The second kappa shape index (κ2) is 9.79. The lowest BCUT2D eigenvalue weighted by Gasteiger charge is -2.33. The number of methoxy groups -OCH3 is 1. The van der Waals surface area contributed by atoms with Crippen molar-refractivity contribution in [3.8, 4) is 5.75 Å². The topological polar surface area (TPSA) is 68.3 Å². The van der Waals surface area contributed by atoms with E-state index in [0.29, 0.717) is 24.2 Å². The minimum Gasteiger partial charge on any atom is -0.497 e. The van der Waals surface area contributed by atoms with Gasteiger partial charge in [-0.3, -0.25) is 9.59 Å². The lowest BCUT2D eigenvalue weighted by Crippen LogP contribution is -2.38. The first-order valence-corrected chi connectivity index (χ1v) is 12.1. The van der Waals surface area contributed by atoms with Gasteiger partial charge in [-0.2, -0.15) is 0 Å². The number of benzene rings is 2. The molecule has 0 bridgehead atoms. The maximum absolute atomic E-state index is 13.4. The van der Waals surface area contributed by atoms with Crippen LogP contribution in [0.15, 0.2) is 65.6 Å². The number of nitrogens with one attached hydrogen (secondary N) is 1. The number of anilines is 1. The smallest absolute Gasteiger partial charge is 0.229 e. The Balaban J connectivity index is 1.45. The first kappa shape index (κ1) is 23.1. The van der Waals surface area contributed by atoms with E-state index in [1.54, 1.807) is 31.0 Å². The highest BCUT2D eigenvalue weighted by Gasteiger charge is 2.40. The van der Waals surface area contributed by atoms with E-state index in [1.165, 1.54) is 4.90 Å². The van der Waals surface area contributed by atoms with Gasteiger partial charge in [0.05, 0.1) is 24.6 Å². The van der Waals surface area contributed by atoms with Crippen LogP contribution < -0.4 is 10.1 Å². The van der Waals surface area contributed by atoms with Gasteiger partial charge in [0, 0.05) is 10.5 Å². The van der Waals surface area contributed by atoms with Gasteiger partial charge in [0.2, 0.25) is 5.91 Å². The lowest BCUT2D eigenvalue weighted by atomic mass is 9.69. The third kappa shape index (κ3) is 4.96. The van der Waals surface area contributed by atoms with Crippen molar-refractivity contribution in [3.63, 3.8) is 0 Å². The Morgan fingerprint density at radius 3 is 2.48 bits per heavy atom. The van der Waals surface area contributed by atoms with E-state index >= 15 is 0 Å². The monoisotopic (exact) mass is 460 g/mol. The van der Waals surface area contributed by atoms with Gasteiger partial charge in [-0.05, 0) is 73.0 Å². The Hall–Kier alpha value is -3.12. The van der Waals surface area contributed by atoms with E-state index in [-0.39, 0.29) is 18.1 Å². The first-order chi connectivity index (χ1) is 15.9. The molecule has 0 saturated carbocycles. The fourth-order valence-corrected chi connectivity index (χ4v) is 4.89. The zero-order valence-corrected chi connectivity index (χ0v) is 20.0. The van der Waals surface area contributed by atoms with Crippen LogP contribution >= 0.6 is 11.8 Å². The number of aryl methyl sites for hydroxylation is 1. The molecule has 1 amide bonds. The molecule has 1 atom stereocenters. The quantitative estimate of drug-likeness (QED) is 0.474. The molecule has 0 saturated heterocycles. The molecule has 0 radical (unpaired) electrons. The number of carbonyl (C=O) groups is 2. The summed E-state index contributed by atoms with van der Waals surface area (Å²) in [6, 6.07) is 19.2. The van der Waals surface area contributed by atoms with Crippen molar-refractivity contribution in [2.24, 2.45) is 0 Å². The number of ketones is 1. The maximum atomic E-state index is 13.4. The van der Waals surface area contributed by atoms with Crippen molar-refractivity contribution in [3.05, 3.63) is 83.0 Å². The first-order valence-electron chi connectivity index (χ1n) is 11.1. The predicted molar refractivity (Wildman–Crippen MR) is 132 cm³/mol. The summed E-state index contributed by atoms with van der Waals surface area (Å²) in [4.78, 5) is 31.7. The second-order valence-electron chi connectivity index (χ2n) is 8.38. The fraction of sp³-hybridized carbons (Fsp3) is 0.296. The van der Waals surface area contributed by atoms with E-state index in [2.05, 4.69) is 17.2 Å². The van der Waals surface area contributed by atoms with Gasteiger partial charge < -0.3 is 10.1 Å². The van der Waals surface area contributed by atoms with Crippen LogP contribution in [0.1, 0.15) is 47.4 Å². The molecular formula is C27H28N2O3S. The van der Waals surface area contributed by atoms with Crippen molar-refractivity contribution in [1.82, 2.24) is 4.98 Å². The summed E-state index contributed by atoms with van der Waals surface area (Å²) in [6.45, 7) is 4.10. The Morgan fingerprint density at radius 2 is 1.82 bits per heavy atom. The molecule has 5 nitrogen and oxygen atoms in total. The number of hydrogen-bond donors (Lipinski definition) is 1. The maximum Gasteiger partial charge on any atom is 0.229 e. The summed E-state index contributed by atoms with van der Waals surface area (Å²) in [5.41, 5.74) is 2.69. The van der Waals surface area contributed by atoms with Gasteiger partial charge in [-0.25, -0.2) is 4.98 Å². The van der Waals surface area contributed by atoms with Gasteiger partial charge in [0.1, 0.15) is 11.6 Å². The second-order valence-corrected chi connectivity index (χ2v) is 9.72. The van der Waals surface area contributed by atoms with E-state index in [4.69, 9.17) is 4.74 Å². The molecule has 6 heteroatoms. The van der Waals surface area contributed by atoms with Crippen LogP contribution in [-0.4, -0.2) is 29.5 Å². The summed E-state index contributed by atoms with van der Waals surface area (Å²) in [6.07, 6.45) is 1.62. The Kier molecular flexibility index (Phi) is 6.84. The lowest BCUT2D eigenvalue weighted by molar-refractivity contribution is -0.115. The summed E-state index contributed by atoms with van der Waals surface area (Å²) in [5.74, 6) is 2.21. The molecule has 0 fully saturated rings. The van der Waals surface area contributed by atoms with Gasteiger partial charge >= 0.3 is 0 Å². The molecule has 4 rings (SSSR count). The summed E-state index contributed by atoms with van der Waals surface area (Å²) >= 11 is 1.77. The van der Waals surface area contributed by atoms with Crippen molar-refractivity contribution in [2.45, 2.75) is 43.4 Å². The minimum absolute atomic E-state index is 0.0596. The van der Waals surface area contributed by atoms with Crippen LogP contribution in [-0.2, 0) is 23.1 Å². The molecule has 1 N–H and O–H groups in total. The van der Waals surface area contributed by atoms with Crippen LogP contribution in [0.2, 0.25) is 0 Å². The minimum atomic E-state index is -0.603. The zero-order chi connectivity index (χ0) is 23.4. The van der Waals surface area contributed by atoms with Gasteiger partial charge in [0.25, 0.3) is 0 Å². The molecule has 0 aliphatic heterocycles. The van der Waals surface area contributed by atoms with Gasteiger partial charge in [-0.1, -0.05) is 31.2 Å². The normalized spacial score (nSPS) is 17.4. The molecule has 2 aromatic carbocycles. The highest BCUT2D eigenvalue weighted by Crippen LogP contribution is 2.38. The fourth-order valence-electron chi connectivity index (χ4n) is 4.22. The average molecular weight is 461 g/mol. The molecule has 1 unspecified atom stereocenters. The molecule has 33 heavy (non-hydrogen) atoms. The number of ether oxygens (including phenoxy) is 1. The van der Waals surface area contributed by atoms with Gasteiger partial charge in [-0.15, -0.1) is 11.8 Å². The highest BCUT2D eigenvalue weighted by atomic mass is 32.2. The van der Waals surface area contributed by atoms with Crippen LogP contribution in [0.5, 0.6) is 5.75 Å². The molecular weight excluding hydrogens is 432 g/mol. The predicted octanol–water partition coefficient (Wildman–Crippen LogP) is 5.47. The Morgan fingerprint density at radius 1 is 1.09 bits per heavy atom.